The molecular formula is C9H19N7. The van der Waals surface area contributed by atoms with Crippen LogP contribution in [0.4, 0.5) is 0 Å². The fraction of sp³-hybridized carbons (Fsp3) is 0.667. The summed E-state index contributed by atoms with van der Waals surface area (Å²) in [5.74, 6) is 6.84. The lowest BCUT2D eigenvalue weighted by atomic mass is 10.4. The van der Waals surface area contributed by atoms with E-state index in [0.717, 1.165) is 12.2 Å². The number of aryl methyl sites for hydroxylation is 1. The van der Waals surface area contributed by atoms with Crippen LogP contribution in [0.5, 0.6) is 0 Å². The molecule has 7 heteroatoms. The van der Waals surface area contributed by atoms with E-state index in [-0.39, 0.29) is 0 Å². The first-order valence-corrected chi connectivity index (χ1v) is 5.24. The van der Waals surface area contributed by atoms with Gasteiger partial charge in [-0.3, -0.25) is 10.4 Å². The highest BCUT2D eigenvalue weighted by atomic mass is 15.3. The fourth-order valence-electron chi connectivity index (χ4n) is 1.21. The van der Waals surface area contributed by atoms with Gasteiger partial charge in [0.1, 0.15) is 12.2 Å². The minimum absolute atomic E-state index is 0.296. The number of aromatic nitrogens is 3. The summed E-state index contributed by atoms with van der Waals surface area (Å²) in [6.45, 7) is 4.66. The highest BCUT2D eigenvalue weighted by molar-refractivity contribution is 5.79. The third-order valence-electron chi connectivity index (χ3n) is 1.97. The van der Waals surface area contributed by atoms with Crippen molar-refractivity contribution in [1.82, 2.24) is 25.5 Å². The number of nitrogens with one attached hydrogen (secondary N) is 2. The molecule has 1 aromatic rings. The van der Waals surface area contributed by atoms with Crippen LogP contribution in [0.3, 0.4) is 0 Å². The third-order valence-corrected chi connectivity index (χ3v) is 1.97. The first-order valence-electron chi connectivity index (χ1n) is 5.24. The van der Waals surface area contributed by atoms with Crippen molar-refractivity contribution in [2.24, 2.45) is 17.9 Å². The number of guanidine groups is 1. The van der Waals surface area contributed by atoms with Gasteiger partial charge in [0, 0.05) is 26.1 Å². The molecule has 1 rings (SSSR count). The molecule has 0 bridgehead atoms. The van der Waals surface area contributed by atoms with Gasteiger partial charge in [0.15, 0.2) is 0 Å². The van der Waals surface area contributed by atoms with Crippen LogP contribution in [-0.4, -0.2) is 33.3 Å². The van der Waals surface area contributed by atoms with Crippen LogP contribution >= 0.6 is 0 Å². The Hall–Kier alpha value is -1.63. The van der Waals surface area contributed by atoms with Crippen molar-refractivity contribution in [1.29, 1.82) is 0 Å². The maximum Gasteiger partial charge on any atom is 0.205 e. The van der Waals surface area contributed by atoms with Crippen molar-refractivity contribution in [2.45, 2.75) is 26.3 Å². The van der Waals surface area contributed by atoms with Gasteiger partial charge in [-0.1, -0.05) is 0 Å². The molecule has 7 nitrogen and oxygen atoms in total. The zero-order chi connectivity index (χ0) is 12.0. The van der Waals surface area contributed by atoms with E-state index >= 15 is 0 Å². The summed E-state index contributed by atoms with van der Waals surface area (Å²) in [5, 5.41) is 10.9. The normalized spacial score (nSPS) is 11.9. The van der Waals surface area contributed by atoms with Gasteiger partial charge in [0.2, 0.25) is 5.96 Å². The largest absolute Gasteiger partial charge is 0.353 e. The molecule has 90 valence electrons. The van der Waals surface area contributed by atoms with Gasteiger partial charge in [-0.2, -0.15) is 0 Å². The zero-order valence-electron chi connectivity index (χ0n) is 9.94. The maximum absolute atomic E-state index is 5.33. The predicted molar refractivity (Wildman–Crippen MR) is 62.6 cm³/mol. The van der Waals surface area contributed by atoms with Gasteiger partial charge in [-0.25, -0.2) is 5.84 Å². The first kappa shape index (κ1) is 12.4. The van der Waals surface area contributed by atoms with Crippen LogP contribution in [0.1, 0.15) is 19.7 Å². The molecule has 0 saturated heterocycles. The molecule has 0 aliphatic rings. The van der Waals surface area contributed by atoms with Crippen molar-refractivity contribution in [3.05, 3.63) is 12.2 Å². The van der Waals surface area contributed by atoms with Crippen LogP contribution in [0.25, 0.3) is 0 Å². The smallest absolute Gasteiger partial charge is 0.205 e. The van der Waals surface area contributed by atoms with Crippen molar-refractivity contribution in [2.75, 3.05) is 6.54 Å². The van der Waals surface area contributed by atoms with E-state index in [0.29, 0.717) is 18.5 Å². The fourth-order valence-corrected chi connectivity index (χ4v) is 1.21. The molecule has 0 aliphatic heterocycles. The summed E-state index contributed by atoms with van der Waals surface area (Å²) >= 11 is 0. The van der Waals surface area contributed by atoms with Gasteiger partial charge >= 0.3 is 0 Å². The van der Waals surface area contributed by atoms with Crippen LogP contribution in [0.2, 0.25) is 0 Å². The van der Waals surface area contributed by atoms with E-state index in [2.05, 4.69) is 25.9 Å². The molecule has 0 radical (unpaired) electrons. The lowest BCUT2D eigenvalue weighted by Gasteiger charge is -2.11. The zero-order valence-corrected chi connectivity index (χ0v) is 9.94. The summed E-state index contributed by atoms with van der Waals surface area (Å²) in [4.78, 5) is 4.29. The number of hydrazine groups is 1. The van der Waals surface area contributed by atoms with Crippen LogP contribution in [0.15, 0.2) is 11.3 Å². The van der Waals surface area contributed by atoms with Crippen molar-refractivity contribution in [3.8, 4) is 0 Å². The topological polar surface area (TPSA) is 93.1 Å². The number of nitrogens with two attached hydrogens (primary N) is 1. The van der Waals surface area contributed by atoms with E-state index < -0.39 is 0 Å². The standard InChI is InChI=1S/C9H19N7/c1-7(2)13-9(14-10)11-5-4-8-15-12-6-16(8)3/h6-7H,4-5,10H2,1-3H3,(H2,11,13,14). The lowest BCUT2D eigenvalue weighted by Crippen LogP contribution is -2.44. The Morgan fingerprint density at radius 2 is 2.38 bits per heavy atom. The average Bonchev–Trinajstić information content (AvgIpc) is 2.62. The second-order valence-electron chi connectivity index (χ2n) is 3.78. The summed E-state index contributed by atoms with van der Waals surface area (Å²) in [6.07, 6.45) is 2.41. The minimum atomic E-state index is 0.296. The van der Waals surface area contributed by atoms with Crippen molar-refractivity contribution in [3.63, 3.8) is 0 Å². The molecule has 0 saturated carbocycles. The molecule has 0 spiro atoms. The number of aliphatic imine (C=N–C) groups is 1. The molecule has 16 heavy (non-hydrogen) atoms. The molecule has 4 N–H and O–H groups in total. The molecule has 0 unspecified atom stereocenters. The minimum Gasteiger partial charge on any atom is -0.353 e. The Morgan fingerprint density at radius 1 is 1.62 bits per heavy atom. The molecule has 0 aromatic carbocycles. The molecule has 0 fully saturated rings. The highest BCUT2D eigenvalue weighted by Gasteiger charge is 2.01. The highest BCUT2D eigenvalue weighted by Crippen LogP contribution is 1.93. The second-order valence-corrected chi connectivity index (χ2v) is 3.78. The average molecular weight is 225 g/mol. The van der Waals surface area contributed by atoms with Crippen molar-refractivity contribution < 1.29 is 0 Å². The quantitative estimate of drug-likeness (QED) is 0.269. The third kappa shape index (κ3) is 3.85. The van der Waals surface area contributed by atoms with Gasteiger partial charge < -0.3 is 9.88 Å². The SMILES string of the molecule is CC(C)NC(=NCCc1nncn1C)NN. The van der Waals surface area contributed by atoms with Gasteiger partial charge in [0.05, 0.1) is 0 Å². The van der Waals surface area contributed by atoms with E-state index in [1.807, 2.05) is 25.5 Å². The van der Waals surface area contributed by atoms with Crippen LogP contribution in [-0.2, 0) is 13.5 Å². The number of hydrogen-bond donors (Lipinski definition) is 3. The predicted octanol–water partition coefficient (Wildman–Crippen LogP) is -0.825. The van der Waals surface area contributed by atoms with E-state index in [1.54, 1.807) is 6.33 Å². The number of rotatable bonds is 4. The summed E-state index contributed by atoms with van der Waals surface area (Å²) < 4.78 is 1.88. The second kappa shape index (κ2) is 6.06. The Balaban J connectivity index is 2.43. The summed E-state index contributed by atoms with van der Waals surface area (Å²) in [7, 11) is 1.91. The van der Waals surface area contributed by atoms with Crippen LogP contribution < -0.4 is 16.6 Å². The van der Waals surface area contributed by atoms with Gasteiger partial charge in [-0.05, 0) is 13.8 Å². The molecule has 1 heterocycles. The summed E-state index contributed by atoms with van der Waals surface area (Å²) in [5.41, 5.74) is 2.52. The molecular weight excluding hydrogens is 206 g/mol. The number of nitrogens with zero attached hydrogens (tertiary/aromatic N) is 4. The van der Waals surface area contributed by atoms with Crippen LogP contribution in [0, 0.1) is 0 Å². The Labute approximate surface area is 95.1 Å². The van der Waals surface area contributed by atoms with Gasteiger partial charge in [-0.15, -0.1) is 10.2 Å². The Kier molecular flexibility index (Phi) is 4.71. The van der Waals surface area contributed by atoms with E-state index in [1.165, 1.54) is 0 Å². The van der Waals surface area contributed by atoms with Crippen molar-refractivity contribution >= 4 is 5.96 Å². The Morgan fingerprint density at radius 3 is 2.88 bits per heavy atom. The van der Waals surface area contributed by atoms with Gasteiger partial charge in [0.25, 0.3) is 0 Å². The van der Waals surface area contributed by atoms with E-state index in [4.69, 9.17) is 5.84 Å². The maximum atomic E-state index is 5.33. The number of hydrogen-bond acceptors (Lipinski definition) is 4. The lowest BCUT2D eigenvalue weighted by molar-refractivity contribution is 0.698. The summed E-state index contributed by atoms with van der Waals surface area (Å²) in [6, 6.07) is 0.296. The van der Waals surface area contributed by atoms with E-state index in [9.17, 15) is 0 Å². The molecule has 1 aromatic heterocycles. The molecule has 0 atom stereocenters. The molecule has 0 aliphatic carbocycles. The first-order chi connectivity index (χ1) is 7.63. The monoisotopic (exact) mass is 225 g/mol. The Bertz CT molecular complexity index is 341. The molecule has 0 amide bonds.